The summed E-state index contributed by atoms with van der Waals surface area (Å²) in [5.74, 6) is 0. The van der Waals surface area contributed by atoms with Crippen LogP contribution in [0.5, 0.6) is 0 Å². The lowest BCUT2D eigenvalue weighted by atomic mass is 10.3. The van der Waals surface area contributed by atoms with Crippen LogP contribution in [0, 0.1) is 11.3 Å². The molecule has 3 nitrogen and oxygen atoms in total. The van der Waals surface area contributed by atoms with E-state index in [0.29, 0.717) is 6.61 Å². The van der Waals surface area contributed by atoms with E-state index in [9.17, 15) is 0 Å². The van der Waals surface area contributed by atoms with Gasteiger partial charge in [-0.3, -0.25) is 4.90 Å². The number of nitriles is 1. The number of nitrogens with zero attached hydrogens (tertiary/aromatic N) is 2. The van der Waals surface area contributed by atoms with Gasteiger partial charge in [-0.25, -0.2) is 0 Å². The predicted molar refractivity (Wildman–Crippen MR) is 50.7 cm³/mol. The van der Waals surface area contributed by atoms with E-state index in [0.717, 1.165) is 24.1 Å². The van der Waals surface area contributed by atoms with Crippen LogP contribution in [0.25, 0.3) is 0 Å². The molecule has 4 heteroatoms. The first-order valence-electron chi connectivity index (χ1n) is 3.66. The van der Waals surface area contributed by atoms with Gasteiger partial charge < -0.3 is 4.74 Å². The van der Waals surface area contributed by atoms with Crippen molar-refractivity contribution in [2.75, 3.05) is 30.7 Å². The Balaban J connectivity index is 2.29. The summed E-state index contributed by atoms with van der Waals surface area (Å²) in [6, 6.07) is 2.13. The molecule has 0 saturated carbocycles. The van der Waals surface area contributed by atoms with Crippen LogP contribution in [0.4, 0.5) is 0 Å². The number of halogens is 1. The molecule has 1 unspecified atom stereocenters. The molecule has 1 fully saturated rings. The van der Waals surface area contributed by atoms with Crippen LogP contribution in [-0.2, 0) is 4.74 Å². The maximum Gasteiger partial charge on any atom is 0.156 e. The fourth-order valence-electron chi connectivity index (χ4n) is 1.10. The van der Waals surface area contributed by atoms with E-state index in [1.807, 2.05) is 0 Å². The summed E-state index contributed by atoms with van der Waals surface area (Å²) in [7, 11) is 0. The second-order valence-electron chi connectivity index (χ2n) is 2.48. The zero-order valence-electron chi connectivity index (χ0n) is 6.29. The number of hydrogen-bond acceptors (Lipinski definition) is 3. The monoisotopic (exact) mass is 266 g/mol. The highest BCUT2D eigenvalue weighted by molar-refractivity contribution is 14.1. The maximum atomic E-state index is 8.57. The zero-order valence-corrected chi connectivity index (χ0v) is 8.45. The number of morpholine rings is 1. The summed E-state index contributed by atoms with van der Waals surface area (Å²) in [6.45, 7) is 3.53. The highest BCUT2D eigenvalue weighted by atomic mass is 127. The van der Waals surface area contributed by atoms with Gasteiger partial charge >= 0.3 is 0 Å². The van der Waals surface area contributed by atoms with Crippen molar-refractivity contribution in [1.82, 2.24) is 4.90 Å². The Morgan fingerprint density at radius 1 is 1.73 bits per heavy atom. The third kappa shape index (κ3) is 2.93. The molecule has 62 valence electrons. The average Bonchev–Trinajstić information content (AvgIpc) is 2.06. The topological polar surface area (TPSA) is 36.3 Å². The Labute approximate surface area is 80.5 Å². The van der Waals surface area contributed by atoms with E-state index < -0.39 is 0 Å². The van der Waals surface area contributed by atoms with E-state index in [1.54, 1.807) is 0 Å². The molecule has 1 saturated heterocycles. The fourth-order valence-corrected chi connectivity index (χ4v) is 1.79. The van der Waals surface area contributed by atoms with Gasteiger partial charge in [0.1, 0.15) is 0 Å². The van der Waals surface area contributed by atoms with Crippen LogP contribution in [0.2, 0.25) is 0 Å². The van der Waals surface area contributed by atoms with E-state index in [2.05, 4.69) is 33.6 Å². The number of hydrogen-bond donors (Lipinski definition) is 0. The van der Waals surface area contributed by atoms with Crippen LogP contribution in [-0.4, -0.2) is 41.7 Å². The fraction of sp³-hybridized carbons (Fsp3) is 0.857. The molecule has 0 bridgehead atoms. The van der Waals surface area contributed by atoms with E-state index in [1.165, 1.54) is 0 Å². The highest BCUT2D eigenvalue weighted by Gasteiger charge is 2.18. The largest absolute Gasteiger partial charge is 0.361 e. The summed E-state index contributed by atoms with van der Waals surface area (Å²) < 4.78 is 6.32. The zero-order chi connectivity index (χ0) is 8.10. The second-order valence-corrected chi connectivity index (χ2v) is 3.56. The van der Waals surface area contributed by atoms with Gasteiger partial charge in [-0.1, -0.05) is 22.6 Å². The molecule has 1 heterocycles. The Bertz CT molecular complexity index is 155. The summed E-state index contributed by atoms with van der Waals surface area (Å²) >= 11 is 2.34. The molecule has 11 heavy (non-hydrogen) atoms. The van der Waals surface area contributed by atoms with Crippen LogP contribution in [0.1, 0.15) is 0 Å². The third-order valence-electron chi connectivity index (χ3n) is 1.70. The standard InChI is InChI=1S/C7H11IN2O/c8-1-2-10-3-4-11-7(5-9)6-10/h7H,1-4,6H2. The van der Waals surface area contributed by atoms with Gasteiger partial charge in [-0.15, -0.1) is 0 Å². The van der Waals surface area contributed by atoms with Crippen molar-refractivity contribution in [2.45, 2.75) is 6.10 Å². The quantitative estimate of drug-likeness (QED) is 0.543. The molecule has 1 aliphatic rings. The molecule has 0 N–H and O–H groups in total. The first-order chi connectivity index (χ1) is 5.36. The minimum atomic E-state index is -0.202. The van der Waals surface area contributed by atoms with Crippen molar-refractivity contribution >= 4 is 22.6 Å². The maximum absolute atomic E-state index is 8.57. The van der Waals surface area contributed by atoms with E-state index in [-0.39, 0.29) is 6.10 Å². The van der Waals surface area contributed by atoms with Gasteiger partial charge in [0.25, 0.3) is 0 Å². The van der Waals surface area contributed by atoms with Crippen LogP contribution >= 0.6 is 22.6 Å². The molecule has 1 aliphatic heterocycles. The minimum Gasteiger partial charge on any atom is -0.361 e. The first-order valence-corrected chi connectivity index (χ1v) is 5.19. The van der Waals surface area contributed by atoms with Crippen LogP contribution < -0.4 is 0 Å². The number of alkyl halides is 1. The van der Waals surface area contributed by atoms with E-state index in [4.69, 9.17) is 10.00 Å². The lowest BCUT2D eigenvalue weighted by Gasteiger charge is -2.28. The van der Waals surface area contributed by atoms with Gasteiger partial charge in [-0.05, 0) is 0 Å². The SMILES string of the molecule is N#CC1CN(CCI)CCO1. The molecule has 0 aromatic heterocycles. The molecule has 0 amide bonds. The Hall–Kier alpha value is 0.140. The Morgan fingerprint density at radius 2 is 2.55 bits per heavy atom. The van der Waals surface area contributed by atoms with Crippen molar-refractivity contribution < 1.29 is 4.74 Å². The van der Waals surface area contributed by atoms with E-state index >= 15 is 0 Å². The molecule has 1 rings (SSSR count). The van der Waals surface area contributed by atoms with Gasteiger partial charge in [0.2, 0.25) is 0 Å². The van der Waals surface area contributed by atoms with Crippen molar-refractivity contribution in [3.05, 3.63) is 0 Å². The summed E-state index contributed by atoms with van der Waals surface area (Å²) in [4.78, 5) is 2.27. The molecule has 0 aromatic carbocycles. The lowest BCUT2D eigenvalue weighted by molar-refractivity contribution is 0.00337. The second kappa shape index (κ2) is 4.91. The van der Waals surface area contributed by atoms with Crippen molar-refractivity contribution in [2.24, 2.45) is 0 Å². The molecule has 0 aliphatic carbocycles. The predicted octanol–water partition coefficient (Wildman–Crippen LogP) is 0.646. The van der Waals surface area contributed by atoms with Crippen molar-refractivity contribution in [3.63, 3.8) is 0 Å². The van der Waals surface area contributed by atoms with Gasteiger partial charge in [0.15, 0.2) is 6.10 Å². The normalized spacial score (nSPS) is 26.4. The number of rotatable bonds is 2. The molecule has 0 spiro atoms. The van der Waals surface area contributed by atoms with Crippen molar-refractivity contribution in [3.8, 4) is 6.07 Å². The van der Waals surface area contributed by atoms with Gasteiger partial charge in [0.05, 0.1) is 12.7 Å². The lowest BCUT2D eigenvalue weighted by Crippen LogP contribution is -2.42. The van der Waals surface area contributed by atoms with Crippen molar-refractivity contribution in [1.29, 1.82) is 5.26 Å². The number of ether oxygens (including phenoxy) is 1. The smallest absolute Gasteiger partial charge is 0.156 e. The van der Waals surface area contributed by atoms with Crippen LogP contribution in [0.15, 0.2) is 0 Å². The third-order valence-corrected chi connectivity index (χ3v) is 2.18. The van der Waals surface area contributed by atoms with Crippen LogP contribution in [0.3, 0.4) is 0 Å². The molecule has 0 radical (unpaired) electrons. The first kappa shape index (κ1) is 9.23. The summed E-state index contributed by atoms with van der Waals surface area (Å²) in [5.41, 5.74) is 0. The highest BCUT2D eigenvalue weighted by Crippen LogP contribution is 2.03. The molecular formula is C7H11IN2O. The molecule has 1 atom stereocenters. The molecular weight excluding hydrogens is 255 g/mol. The average molecular weight is 266 g/mol. The Kier molecular flexibility index (Phi) is 4.12. The summed E-state index contributed by atoms with van der Waals surface area (Å²) in [5, 5.41) is 8.57. The minimum absolute atomic E-state index is 0.202. The Morgan fingerprint density at radius 3 is 3.18 bits per heavy atom. The van der Waals surface area contributed by atoms with Gasteiger partial charge in [0, 0.05) is 24.1 Å². The molecule has 0 aromatic rings. The summed E-state index contributed by atoms with van der Waals surface area (Å²) in [6.07, 6.45) is -0.202. The van der Waals surface area contributed by atoms with Gasteiger partial charge in [-0.2, -0.15) is 5.26 Å².